The number of thioether (sulfide) groups is 1. The number of amides is 1. The van der Waals surface area contributed by atoms with Gasteiger partial charge in [0.1, 0.15) is 11.6 Å². The molecule has 2 aromatic rings. The zero-order chi connectivity index (χ0) is 16.2. The molecule has 6 heteroatoms. The average molecular weight is 330 g/mol. The van der Waals surface area contributed by atoms with Crippen molar-refractivity contribution in [3.05, 3.63) is 30.1 Å². The lowest BCUT2D eigenvalue weighted by Gasteiger charge is -2.16. The molecule has 5 nitrogen and oxygen atoms in total. The van der Waals surface area contributed by atoms with E-state index in [1.54, 1.807) is 11.8 Å². The number of carbonyl (C=O) groups excluding carboxylic acids is 1. The first kappa shape index (κ1) is 16.1. The van der Waals surface area contributed by atoms with Crippen molar-refractivity contribution >= 4 is 34.4 Å². The maximum absolute atomic E-state index is 12.2. The number of hydrogen-bond acceptors (Lipinski definition) is 5. The van der Waals surface area contributed by atoms with Crippen molar-refractivity contribution in [2.75, 3.05) is 5.73 Å². The van der Waals surface area contributed by atoms with Crippen LogP contribution in [0, 0.1) is 0 Å². The number of para-hydroxylation sites is 1. The van der Waals surface area contributed by atoms with E-state index in [0.29, 0.717) is 23.4 Å². The van der Waals surface area contributed by atoms with E-state index in [2.05, 4.69) is 15.3 Å². The fourth-order valence-corrected chi connectivity index (χ4v) is 3.63. The minimum absolute atomic E-state index is 0.107. The van der Waals surface area contributed by atoms with Gasteiger partial charge < -0.3 is 11.1 Å². The van der Waals surface area contributed by atoms with Gasteiger partial charge in [-0.1, -0.05) is 25.0 Å². The zero-order valence-electron chi connectivity index (χ0n) is 13.3. The van der Waals surface area contributed by atoms with Crippen LogP contribution in [-0.2, 0) is 10.5 Å². The minimum atomic E-state index is -0.119. The molecule has 1 saturated carbocycles. The Morgan fingerprint density at radius 3 is 2.87 bits per heavy atom. The first-order chi connectivity index (χ1) is 11.1. The maximum atomic E-state index is 12.2. The molecule has 0 saturated heterocycles. The molecule has 0 spiro atoms. The van der Waals surface area contributed by atoms with Crippen molar-refractivity contribution in [3.8, 4) is 0 Å². The molecule has 23 heavy (non-hydrogen) atoms. The Labute approximate surface area is 140 Å². The molecule has 1 unspecified atom stereocenters. The third-order valence-corrected chi connectivity index (χ3v) is 5.35. The van der Waals surface area contributed by atoms with Crippen LogP contribution in [0.1, 0.15) is 38.4 Å². The van der Waals surface area contributed by atoms with E-state index < -0.39 is 0 Å². The molecule has 1 aliphatic carbocycles. The average Bonchev–Trinajstić information content (AvgIpc) is 3.05. The predicted molar refractivity (Wildman–Crippen MR) is 95.1 cm³/mol. The van der Waals surface area contributed by atoms with Crippen molar-refractivity contribution in [3.63, 3.8) is 0 Å². The Balaban J connectivity index is 1.60. The smallest absolute Gasteiger partial charge is 0.233 e. The number of rotatable bonds is 5. The number of hydrogen-bond donors (Lipinski definition) is 2. The SMILES string of the molecule is CC(SCc1nc(N)c2ccccc2n1)C(=O)NC1CCCC1. The zero-order valence-corrected chi connectivity index (χ0v) is 14.1. The Morgan fingerprint density at radius 2 is 2.09 bits per heavy atom. The van der Waals surface area contributed by atoms with E-state index in [1.807, 2.05) is 31.2 Å². The van der Waals surface area contributed by atoms with Crippen LogP contribution >= 0.6 is 11.8 Å². The van der Waals surface area contributed by atoms with Crippen LogP contribution in [0.5, 0.6) is 0 Å². The number of carbonyl (C=O) groups is 1. The van der Waals surface area contributed by atoms with Crippen LogP contribution in [0.3, 0.4) is 0 Å². The lowest BCUT2D eigenvalue weighted by molar-refractivity contribution is -0.120. The normalized spacial score (nSPS) is 16.6. The van der Waals surface area contributed by atoms with Crippen molar-refractivity contribution < 1.29 is 4.79 Å². The molecule has 3 N–H and O–H groups in total. The van der Waals surface area contributed by atoms with Gasteiger partial charge >= 0.3 is 0 Å². The standard InChI is InChI=1S/C17H22N4OS/c1-11(17(22)19-12-6-2-3-7-12)23-10-15-20-14-9-5-4-8-13(14)16(18)21-15/h4-5,8-9,11-12H,2-3,6-7,10H2,1H3,(H,19,22)(H2,18,20,21). The van der Waals surface area contributed by atoms with Gasteiger partial charge in [0.2, 0.25) is 5.91 Å². The van der Waals surface area contributed by atoms with Gasteiger partial charge in [-0.3, -0.25) is 4.79 Å². The Bertz CT molecular complexity index is 700. The topological polar surface area (TPSA) is 80.9 Å². The number of nitrogens with zero attached hydrogens (tertiary/aromatic N) is 2. The highest BCUT2D eigenvalue weighted by Gasteiger charge is 2.21. The second-order valence-corrected chi connectivity index (χ2v) is 7.31. The van der Waals surface area contributed by atoms with E-state index in [-0.39, 0.29) is 11.2 Å². The third-order valence-electron chi connectivity index (χ3n) is 4.21. The summed E-state index contributed by atoms with van der Waals surface area (Å²) in [5.41, 5.74) is 6.84. The maximum Gasteiger partial charge on any atom is 0.233 e. The number of nitrogens with one attached hydrogen (secondary N) is 1. The Kier molecular flexibility index (Phi) is 5.00. The first-order valence-electron chi connectivity index (χ1n) is 8.06. The summed E-state index contributed by atoms with van der Waals surface area (Å²) in [6.07, 6.45) is 4.65. The summed E-state index contributed by atoms with van der Waals surface area (Å²) >= 11 is 1.55. The molecule has 1 aliphatic rings. The van der Waals surface area contributed by atoms with Crippen LogP contribution in [0.25, 0.3) is 10.9 Å². The number of benzene rings is 1. The summed E-state index contributed by atoms with van der Waals surface area (Å²) < 4.78 is 0. The van der Waals surface area contributed by atoms with E-state index in [4.69, 9.17) is 5.73 Å². The molecule has 3 rings (SSSR count). The summed E-state index contributed by atoms with van der Waals surface area (Å²) in [5.74, 6) is 1.85. The van der Waals surface area contributed by atoms with Gasteiger partial charge in [0.05, 0.1) is 16.5 Å². The van der Waals surface area contributed by atoms with Crippen LogP contribution in [0.2, 0.25) is 0 Å². The van der Waals surface area contributed by atoms with Crippen LogP contribution in [-0.4, -0.2) is 27.2 Å². The van der Waals surface area contributed by atoms with E-state index >= 15 is 0 Å². The van der Waals surface area contributed by atoms with Crippen molar-refractivity contribution in [2.24, 2.45) is 0 Å². The molecule has 1 fully saturated rings. The van der Waals surface area contributed by atoms with Gasteiger partial charge in [-0.2, -0.15) is 0 Å². The first-order valence-corrected chi connectivity index (χ1v) is 9.11. The monoisotopic (exact) mass is 330 g/mol. The summed E-state index contributed by atoms with van der Waals surface area (Å²) in [5, 5.41) is 3.88. The highest BCUT2D eigenvalue weighted by Crippen LogP contribution is 2.22. The van der Waals surface area contributed by atoms with Gasteiger partial charge in [-0.05, 0) is 31.9 Å². The van der Waals surface area contributed by atoms with Crippen LogP contribution < -0.4 is 11.1 Å². The number of nitrogens with two attached hydrogens (primary N) is 1. The molecule has 1 amide bonds. The summed E-state index contributed by atoms with van der Waals surface area (Å²) in [4.78, 5) is 21.1. The molecule has 122 valence electrons. The summed E-state index contributed by atoms with van der Waals surface area (Å²) in [6, 6.07) is 8.06. The molecule has 0 radical (unpaired) electrons. The number of nitrogen functional groups attached to an aromatic ring is 1. The lowest BCUT2D eigenvalue weighted by atomic mass is 10.2. The number of aromatic nitrogens is 2. The number of fused-ring (bicyclic) bond motifs is 1. The largest absolute Gasteiger partial charge is 0.383 e. The quantitative estimate of drug-likeness (QED) is 0.881. The van der Waals surface area contributed by atoms with Gasteiger partial charge in [-0.15, -0.1) is 11.8 Å². The Morgan fingerprint density at radius 1 is 1.35 bits per heavy atom. The van der Waals surface area contributed by atoms with Gasteiger partial charge in [-0.25, -0.2) is 9.97 Å². The van der Waals surface area contributed by atoms with E-state index in [1.165, 1.54) is 12.8 Å². The van der Waals surface area contributed by atoms with Crippen molar-refractivity contribution in [2.45, 2.75) is 49.7 Å². The molecule has 1 atom stereocenters. The highest BCUT2D eigenvalue weighted by atomic mass is 32.2. The van der Waals surface area contributed by atoms with Crippen molar-refractivity contribution in [1.82, 2.24) is 15.3 Å². The van der Waals surface area contributed by atoms with E-state index in [9.17, 15) is 4.79 Å². The fraction of sp³-hybridized carbons (Fsp3) is 0.471. The molecule has 1 heterocycles. The van der Waals surface area contributed by atoms with Crippen LogP contribution in [0.15, 0.2) is 24.3 Å². The Hall–Kier alpha value is -1.82. The van der Waals surface area contributed by atoms with Crippen LogP contribution in [0.4, 0.5) is 5.82 Å². The third kappa shape index (κ3) is 3.93. The number of anilines is 1. The molecule has 1 aromatic carbocycles. The molecule has 0 aliphatic heterocycles. The lowest BCUT2D eigenvalue weighted by Crippen LogP contribution is -2.37. The van der Waals surface area contributed by atoms with Gasteiger partial charge in [0.25, 0.3) is 0 Å². The molecule has 0 bridgehead atoms. The molecule has 1 aromatic heterocycles. The van der Waals surface area contributed by atoms with Gasteiger partial charge in [0.15, 0.2) is 0 Å². The molecular formula is C17H22N4OS. The van der Waals surface area contributed by atoms with Crippen molar-refractivity contribution in [1.29, 1.82) is 0 Å². The summed E-state index contributed by atoms with van der Waals surface area (Å²) in [7, 11) is 0. The second-order valence-electron chi connectivity index (χ2n) is 5.99. The van der Waals surface area contributed by atoms with E-state index in [0.717, 1.165) is 23.7 Å². The second kappa shape index (κ2) is 7.17. The molecular weight excluding hydrogens is 308 g/mol. The van der Waals surface area contributed by atoms with Gasteiger partial charge in [0, 0.05) is 11.4 Å². The fourth-order valence-electron chi connectivity index (χ4n) is 2.88. The highest BCUT2D eigenvalue weighted by molar-refractivity contribution is 7.99. The predicted octanol–water partition coefficient (Wildman–Crippen LogP) is 2.89. The minimum Gasteiger partial charge on any atom is -0.383 e. The summed E-state index contributed by atoms with van der Waals surface area (Å²) in [6.45, 7) is 1.93.